The van der Waals surface area contributed by atoms with E-state index < -0.39 is 18.0 Å². The smallest absolute Gasteiger partial charge is 0.346 e. The fourth-order valence-corrected chi connectivity index (χ4v) is 5.38. The molecule has 0 saturated heterocycles. The van der Waals surface area contributed by atoms with Gasteiger partial charge in [0.2, 0.25) is 6.10 Å². The summed E-state index contributed by atoms with van der Waals surface area (Å²) in [5.41, 5.74) is 1.08. The van der Waals surface area contributed by atoms with Gasteiger partial charge in [-0.05, 0) is 54.8 Å². The van der Waals surface area contributed by atoms with Crippen molar-refractivity contribution in [1.82, 2.24) is 19.7 Å². The van der Waals surface area contributed by atoms with Gasteiger partial charge < -0.3 is 19.1 Å². The molecule has 270 valence electrons. The van der Waals surface area contributed by atoms with Crippen molar-refractivity contribution >= 4 is 41.3 Å². The van der Waals surface area contributed by atoms with Gasteiger partial charge in [-0.15, -0.1) is 5.10 Å². The lowest BCUT2D eigenvalue weighted by atomic mass is 9.88. The molecule has 13 heteroatoms. The highest BCUT2D eigenvalue weighted by atomic mass is 35.5. The van der Waals surface area contributed by atoms with E-state index in [9.17, 15) is 19.6 Å². The summed E-state index contributed by atoms with van der Waals surface area (Å²) >= 11 is 7.11. The molecular formula is C38H44ClN5O6S. The molecule has 11 nitrogen and oxygen atoms in total. The average molecular weight is 734 g/mol. The highest BCUT2D eigenvalue weighted by Gasteiger charge is 2.29. The van der Waals surface area contributed by atoms with Crippen molar-refractivity contribution in [2.45, 2.75) is 64.1 Å². The summed E-state index contributed by atoms with van der Waals surface area (Å²) in [5, 5.41) is 14.9. The number of amides is 1. The number of thioether (sulfide) groups is 1. The van der Waals surface area contributed by atoms with Crippen molar-refractivity contribution in [2.75, 3.05) is 26.5 Å². The third-order valence-electron chi connectivity index (χ3n) is 7.08. The van der Waals surface area contributed by atoms with Gasteiger partial charge >= 0.3 is 18.0 Å². The number of halogens is 1. The normalized spacial score (nSPS) is 12.1. The van der Waals surface area contributed by atoms with E-state index in [4.69, 9.17) is 25.8 Å². The number of rotatable bonds is 11. The van der Waals surface area contributed by atoms with Crippen LogP contribution in [0.25, 0.3) is 0 Å². The van der Waals surface area contributed by atoms with Gasteiger partial charge in [-0.3, -0.25) is 9.59 Å². The Labute approximate surface area is 308 Å². The molecule has 2 unspecified atom stereocenters. The Morgan fingerprint density at radius 1 is 0.961 bits per heavy atom. The Hall–Kier alpha value is -4.86. The number of nitrogens with zero attached hydrogens (tertiary/aromatic N) is 5. The monoisotopic (exact) mass is 733 g/mol. The molecule has 0 fully saturated rings. The molecule has 2 atom stereocenters. The first-order valence-electron chi connectivity index (χ1n) is 16.3. The minimum atomic E-state index is -1.04. The van der Waals surface area contributed by atoms with Crippen molar-refractivity contribution in [3.05, 3.63) is 101 Å². The molecule has 3 aromatic carbocycles. The average Bonchev–Trinajstić information content (AvgIpc) is 3.53. The number of aromatic nitrogens is 3. The van der Waals surface area contributed by atoms with Crippen LogP contribution in [0.1, 0.15) is 70.5 Å². The molecule has 0 N–H and O–H groups in total. The van der Waals surface area contributed by atoms with Crippen molar-refractivity contribution < 1.29 is 28.6 Å². The second-order valence-electron chi connectivity index (χ2n) is 12.9. The second kappa shape index (κ2) is 18.9. The number of carbonyl (C=O) groups is 3. The standard InChI is InChI=1S/C25H22ClNO3.C13H22N4O3S/c1-17(2)24(18-11-13-20(26)14-12-18)25(28)30-23(16-27)19-7-6-10-22(15-19)29-21-8-4-3-5-9-21;1-7-20-9(18)8-21-11-14-10(13(2,3)4)15-17(11)12(19)16(5)6/h3-15,17,23-24H,1-2H3;7-8H2,1-6H3. The van der Waals surface area contributed by atoms with Gasteiger partial charge in [0, 0.05) is 30.1 Å². The summed E-state index contributed by atoms with van der Waals surface area (Å²) < 4.78 is 17.5. The number of ether oxygens (including phenoxy) is 3. The third kappa shape index (κ3) is 12.2. The maximum absolute atomic E-state index is 13.0. The summed E-state index contributed by atoms with van der Waals surface area (Å²) in [7, 11) is 3.28. The number of hydrogen-bond acceptors (Lipinski definition) is 10. The molecule has 4 rings (SSSR count). The number of benzene rings is 3. The quantitative estimate of drug-likeness (QED) is 0.109. The van der Waals surface area contributed by atoms with E-state index >= 15 is 0 Å². The molecule has 0 aliphatic carbocycles. The first-order valence-corrected chi connectivity index (χ1v) is 17.7. The number of para-hydroxylation sites is 1. The number of hydrogen-bond donors (Lipinski definition) is 0. The SMILES string of the molecule is CC(C)C(C(=O)OC(C#N)c1cccc(Oc2ccccc2)c1)c1ccc(Cl)cc1.CCOC(=O)CSc1nc(C(C)(C)C)nn1C(=O)N(C)C. The molecule has 0 saturated carbocycles. The summed E-state index contributed by atoms with van der Waals surface area (Å²) in [4.78, 5) is 42.3. The maximum Gasteiger partial charge on any atom is 0.346 e. The van der Waals surface area contributed by atoms with Crippen LogP contribution in [0.3, 0.4) is 0 Å². The molecule has 4 aromatic rings. The van der Waals surface area contributed by atoms with E-state index in [1.165, 1.54) is 9.58 Å². The zero-order valence-corrected chi connectivity index (χ0v) is 31.7. The lowest BCUT2D eigenvalue weighted by Crippen LogP contribution is -2.29. The molecule has 51 heavy (non-hydrogen) atoms. The summed E-state index contributed by atoms with van der Waals surface area (Å²) in [6.45, 7) is 11.9. The van der Waals surface area contributed by atoms with E-state index in [-0.39, 0.29) is 29.1 Å². The maximum atomic E-state index is 13.0. The lowest BCUT2D eigenvalue weighted by molar-refractivity contribution is -0.150. The molecule has 1 amide bonds. The van der Waals surface area contributed by atoms with E-state index in [0.29, 0.717) is 39.7 Å². The Kier molecular flexibility index (Phi) is 15.1. The van der Waals surface area contributed by atoms with Crippen LogP contribution in [0.15, 0.2) is 84.0 Å². The Balaban J connectivity index is 0.000000295. The van der Waals surface area contributed by atoms with E-state index in [1.54, 1.807) is 57.4 Å². The van der Waals surface area contributed by atoms with Crippen molar-refractivity contribution in [1.29, 1.82) is 5.26 Å². The van der Waals surface area contributed by atoms with Crippen LogP contribution in [0, 0.1) is 17.2 Å². The van der Waals surface area contributed by atoms with Crippen molar-refractivity contribution in [2.24, 2.45) is 5.92 Å². The van der Waals surface area contributed by atoms with Gasteiger partial charge in [0.15, 0.2) is 11.0 Å². The van der Waals surface area contributed by atoms with Crippen LogP contribution in [0.5, 0.6) is 11.5 Å². The topological polar surface area (TPSA) is 137 Å². The fraction of sp³-hybridized carbons (Fsp3) is 0.368. The predicted molar refractivity (Wildman–Crippen MR) is 197 cm³/mol. The second-order valence-corrected chi connectivity index (χ2v) is 14.2. The molecule has 1 heterocycles. The lowest BCUT2D eigenvalue weighted by Gasteiger charge is -2.22. The van der Waals surface area contributed by atoms with Gasteiger partial charge in [-0.1, -0.05) is 100 Å². The summed E-state index contributed by atoms with van der Waals surface area (Å²) in [6, 6.07) is 25.2. The molecule has 0 radical (unpaired) electrons. The Morgan fingerprint density at radius 3 is 2.18 bits per heavy atom. The van der Waals surface area contributed by atoms with Crippen molar-refractivity contribution in [3.8, 4) is 17.6 Å². The fourth-order valence-electron chi connectivity index (χ4n) is 4.54. The van der Waals surface area contributed by atoms with Crippen molar-refractivity contribution in [3.63, 3.8) is 0 Å². The molecule has 0 aliphatic rings. The van der Waals surface area contributed by atoms with Crippen LogP contribution >= 0.6 is 23.4 Å². The zero-order valence-electron chi connectivity index (χ0n) is 30.1. The molecule has 1 aromatic heterocycles. The van der Waals surface area contributed by atoms with E-state index in [1.807, 2.05) is 77.1 Å². The highest BCUT2D eigenvalue weighted by molar-refractivity contribution is 7.99. The molecule has 0 aliphatic heterocycles. The number of carbonyl (C=O) groups excluding carboxylic acids is 3. The Morgan fingerprint density at radius 2 is 1.61 bits per heavy atom. The predicted octanol–water partition coefficient (Wildman–Crippen LogP) is 8.44. The van der Waals surface area contributed by atoms with E-state index in [0.717, 1.165) is 17.3 Å². The van der Waals surface area contributed by atoms with E-state index in [2.05, 4.69) is 16.2 Å². The first kappa shape index (κ1) is 40.6. The van der Waals surface area contributed by atoms with Crippen LogP contribution in [0.4, 0.5) is 4.79 Å². The minimum absolute atomic E-state index is 0.00855. The first-order chi connectivity index (χ1) is 24.1. The van der Waals surface area contributed by atoms with Crippen LogP contribution in [0.2, 0.25) is 5.02 Å². The van der Waals surface area contributed by atoms with Gasteiger partial charge in [-0.25, -0.2) is 9.78 Å². The molecular weight excluding hydrogens is 690 g/mol. The largest absolute Gasteiger partial charge is 0.465 e. The number of esters is 2. The van der Waals surface area contributed by atoms with Gasteiger partial charge in [0.1, 0.15) is 17.6 Å². The van der Waals surface area contributed by atoms with Gasteiger partial charge in [0.25, 0.3) is 0 Å². The van der Waals surface area contributed by atoms with Crippen LogP contribution in [-0.2, 0) is 24.5 Å². The minimum Gasteiger partial charge on any atom is -0.465 e. The summed E-state index contributed by atoms with van der Waals surface area (Å²) in [5.74, 6) is 0.601. The zero-order chi connectivity index (χ0) is 37.7. The molecule has 0 spiro atoms. The van der Waals surface area contributed by atoms with Crippen LogP contribution in [-0.4, -0.2) is 64.1 Å². The molecule has 0 bridgehead atoms. The summed E-state index contributed by atoms with van der Waals surface area (Å²) in [6.07, 6.45) is -1.04. The number of nitriles is 1. The van der Waals surface area contributed by atoms with Crippen LogP contribution < -0.4 is 4.74 Å². The van der Waals surface area contributed by atoms with Gasteiger partial charge in [-0.2, -0.15) is 9.94 Å². The van der Waals surface area contributed by atoms with Gasteiger partial charge in [0.05, 0.1) is 18.3 Å². The highest BCUT2D eigenvalue weighted by Crippen LogP contribution is 2.31. The third-order valence-corrected chi connectivity index (χ3v) is 8.23. The Bertz CT molecular complexity index is 1800.